The van der Waals surface area contributed by atoms with Gasteiger partial charge in [-0.05, 0) is 13.0 Å². The summed E-state index contributed by atoms with van der Waals surface area (Å²) in [5.41, 5.74) is 6.03. The lowest BCUT2D eigenvalue weighted by Gasteiger charge is -2.14. The Bertz CT molecular complexity index is 355. The van der Waals surface area contributed by atoms with Crippen LogP contribution in [0.5, 0.6) is 0 Å². The molecule has 6 nitrogen and oxygen atoms in total. The van der Waals surface area contributed by atoms with Crippen molar-refractivity contribution in [3.8, 4) is 0 Å². The number of aromatic nitrogens is 1. The highest BCUT2D eigenvalue weighted by atomic mass is 16.5. The fourth-order valence-electron chi connectivity index (χ4n) is 1.56. The van der Waals surface area contributed by atoms with Gasteiger partial charge in [-0.1, -0.05) is 6.07 Å². The topological polar surface area (TPSA) is 90.0 Å². The molecule has 0 radical (unpaired) electrons. The van der Waals surface area contributed by atoms with Crippen LogP contribution in [-0.2, 0) is 9.47 Å². The van der Waals surface area contributed by atoms with Gasteiger partial charge >= 0.3 is 0 Å². The van der Waals surface area contributed by atoms with Gasteiger partial charge in [-0.3, -0.25) is 4.98 Å². The van der Waals surface area contributed by atoms with Gasteiger partial charge < -0.3 is 20.3 Å². The van der Waals surface area contributed by atoms with E-state index in [4.69, 9.17) is 20.3 Å². The first-order valence-electron chi connectivity index (χ1n) is 6.29. The summed E-state index contributed by atoms with van der Waals surface area (Å²) in [5.74, 6) is 0. The Morgan fingerprint density at radius 1 is 1.53 bits per heavy atom. The van der Waals surface area contributed by atoms with Gasteiger partial charge in [-0.15, -0.1) is 0 Å². The molecule has 2 rings (SSSR count). The average molecular weight is 267 g/mol. The number of nitrogens with two attached hydrogens (primary N) is 1. The van der Waals surface area contributed by atoms with E-state index >= 15 is 0 Å². The van der Waals surface area contributed by atoms with Gasteiger partial charge in [0.25, 0.3) is 0 Å². The summed E-state index contributed by atoms with van der Waals surface area (Å²) in [5, 5.41) is 8.98. The molecule has 0 aliphatic carbocycles. The highest BCUT2D eigenvalue weighted by Gasteiger charge is 2.26. The SMILES string of the molecule is CCOCCN.OC[C@H]1N=CO[C@@H]1c1cccnc1. The summed E-state index contributed by atoms with van der Waals surface area (Å²) in [4.78, 5) is 7.97. The van der Waals surface area contributed by atoms with Crippen LogP contribution in [0.4, 0.5) is 0 Å². The van der Waals surface area contributed by atoms with Gasteiger partial charge in [0, 0.05) is 31.1 Å². The van der Waals surface area contributed by atoms with E-state index in [0.717, 1.165) is 12.2 Å². The van der Waals surface area contributed by atoms with E-state index in [0.29, 0.717) is 13.2 Å². The van der Waals surface area contributed by atoms with Gasteiger partial charge in [0.1, 0.15) is 6.04 Å². The molecule has 0 amide bonds. The standard InChI is InChI=1S/C9H10N2O2.C4H11NO/c12-5-8-9(13-6-11-8)7-2-1-3-10-4-7;1-2-6-4-3-5/h1-4,6,8-9,12H,5H2;2-5H2,1H3/t8-,9-;/m1./s1. The van der Waals surface area contributed by atoms with E-state index in [1.807, 2.05) is 19.1 Å². The normalized spacial score (nSPS) is 20.6. The molecule has 0 saturated heterocycles. The van der Waals surface area contributed by atoms with Gasteiger partial charge in [-0.2, -0.15) is 0 Å². The maximum atomic E-state index is 8.98. The van der Waals surface area contributed by atoms with Crippen molar-refractivity contribution < 1.29 is 14.6 Å². The molecule has 2 atom stereocenters. The van der Waals surface area contributed by atoms with Crippen LogP contribution in [-0.4, -0.2) is 48.9 Å². The number of ether oxygens (including phenoxy) is 2. The molecule has 0 unspecified atom stereocenters. The number of aliphatic hydroxyl groups is 1. The van der Waals surface area contributed by atoms with Crippen LogP contribution in [0.3, 0.4) is 0 Å². The largest absolute Gasteiger partial charge is 0.473 e. The van der Waals surface area contributed by atoms with E-state index in [2.05, 4.69) is 9.98 Å². The quantitative estimate of drug-likeness (QED) is 0.759. The Labute approximate surface area is 113 Å². The number of pyridine rings is 1. The van der Waals surface area contributed by atoms with Gasteiger partial charge in [0.2, 0.25) is 0 Å². The van der Waals surface area contributed by atoms with Crippen LogP contribution in [0.2, 0.25) is 0 Å². The first-order valence-corrected chi connectivity index (χ1v) is 6.29. The molecular formula is C13H21N3O3. The first kappa shape index (κ1) is 15.6. The predicted octanol–water partition coefficient (Wildman–Crippen LogP) is 0.524. The van der Waals surface area contributed by atoms with Crippen LogP contribution >= 0.6 is 0 Å². The molecule has 1 aliphatic rings. The van der Waals surface area contributed by atoms with Crippen LogP contribution in [0.25, 0.3) is 0 Å². The zero-order valence-corrected chi connectivity index (χ0v) is 11.1. The van der Waals surface area contributed by atoms with Crippen molar-refractivity contribution in [3.05, 3.63) is 30.1 Å². The molecule has 106 valence electrons. The molecule has 0 saturated carbocycles. The van der Waals surface area contributed by atoms with Crippen LogP contribution in [0.15, 0.2) is 29.5 Å². The Kier molecular flexibility index (Phi) is 7.72. The van der Waals surface area contributed by atoms with E-state index in [1.165, 1.54) is 6.40 Å². The third-order valence-corrected chi connectivity index (χ3v) is 2.48. The fourth-order valence-corrected chi connectivity index (χ4v) is 1.56. The highest BCUT2D eigenvalue weighted by molar-refractivity contribution is 5.51. The Hall–Kier alpha value is -1.50. The van der Waals surface area contributed by atoms with E-state index in [9.17, 15) is 0 Å². The van der Waals surface area contributed by atoms with E-state index in [1.54, 1.807) is 12.4 Å². The van der Waals surface area contributed by atoms with Crippen LogP contribution in [0.1, 0.15) is 18.6 Å². The second-order valence-electron chi connectivity index (χ2n) is 3.83. The minimum absolute atomic E-state index is 0.00391. The number of nitrogens with zero attached hydrogens (tertiary/aromatic N) is 2. The maximum absolute atomic E-state index is 8.98. The fraction of sp³-hybridized carbons (Fsp3) is 0.538. The van der Waals surface area contributed by atoms with Crippen LogP contribution < -0.4 is 5.73 Å². The summed E-state index contributed by atoms with van der Waals surface area (Å²) in [6, 6.07) is 3.56. The van der Waals surface area contributed by atoms with Gasteiger partial charge in [-0.25, -0.2) is 4.99 Å². The second kappa shape index (κ2) is 9.43. The zero-order valence-electron chi connectivity index (χ0n) is 11.1. The van der Waals surface area contributed by atoms with Crippen LogP contribution in [0, 0.1) is 0 Å². The van der Waals surface area contributed by atoms with Crippen molar-refractivity contribution in [3.63, 3.8) is 0 Å². The summed E-state index contributed by atoms with van der Waals surface area (Å²) in [6.07, 6.45) is 4.63. The molecule has 1 aromatic heterocycles. The second-order valence-corrected chi connectivity index (χ2v) is 3.83. The minimum Gasteiger partial charge on any atom is -0.473 e. The molecule has 1 aliphatic heterocycles. The molecule has 0 bridgehead atoms. The number of hydrogen-bond acceptors (Lipinski definition) is 6. The molecule has 0 spiro atoms. The number of aliphatic imine (C=N–C) groups is 1. The first-order chi connectivity index (χ1) is 9.33. The summed E-state index contributed by atoms with van der Waals surface area (Å²) in [6.45, 7) is 4.05. The molecule has 19 heavy (non-hydrogen) atoms. The van der Waals surface area contributed by atoms with E-state index in [-0.39, 0.29) is 18.8 Å². The molecule has 6 heteroatoms. The Morgan fingerprint density at radius 3 is 2.89 bits per heavy atom. The lowest BCUT2D eigenvalue weighted by atomic mass is 10.1. The smallest absolute Gasteiger partial charge is 0.170 e. The summed E-state index contributed by atoms with van der Waals surface area (Å²) < 4.78 is 10.1. The average Bonchev–Trinajstić information content (AvgIpc) is 2.95. The number of aliphatic hydroxyl groups excluding tert-OH is 1. The van der Waals surface area contributed by atoms with E-state index < -0.39 is 0 Å². The highest BCUT2D eigenvalue weighted by Crippen LogP contribution is 2.25. The lowest BCUT2D eigenvalue weighted by molar-refractivity contribution is 0.155. The minimum atomic E-state index is -0.191. The number of hydrogen-bond donors (Lipinski definition) is 2. The Balaban J connectivity index is 0.000000258. The lowest BCUT2D eigenvalue weighted by Crippen LogP contribution is -2.17. The monoisotopic (exact) mass is 267 g/mol. The van der Waals surface area contributed by atoms with Crippen molar-refractivity contribution in [1.29, 1.82) is 0 Å². The van der Waals surface area contributed by atoms with Crippen molar-refractivity contribution in [2.24, 2.45) is 10.7 Å². The molecule has 1 aromatic rings. The van der Waals surface area contributed by atoms with Crippen molar-refractivity contribution in [2.45, 2.75) is 19.1 Å². The molecular weight excluding hydrogens is 246 g/mol. The van der Waals surface area contributed by atoms with Gasteiger partial charge in [0.15, 0.2) is 12.5 Å². The molecule has 0 aromatic carbocycles. The zero-order chi connectivity index (χ0) is 13.9. The number of rotatable bonds is 5. The third kappa shape index (κ3) is 5.34. The predicted molar refractivity (Wildman–Crippen MR) is 73.0 cm³/mol. The third-order valence-electron chi connectivity index (χ3n) is 2.48. The summed E-state index contributed by atoms with van der Waals surface area (Å²) >= 11 is 0. The maximum Gasteiger partial charge on any atom is 0.170 e. The Morgan fingerprint density at radius 2 is 2.37 bits per heavy atom. The van der Waals surface area contributed by atoms with Crippen molar-refractivity contribution >= 4 is 6.40 Å². The van der Waals surface area contributed by atoms with Crippen molar-refractivity contribution in [2.75, 3.05) is 26.4 Å². The molecule has 3 N–H and O–H groups in total. The van der Waals surface area contributed by atoms with Crippen molar-refractivity contribution in [1.82, 2.24) is 4.98 Å². The van der Waals surface area contributed by atoms with Gasteiger partial charge in [0.05, 0.1) is 13.2 Å². The summed E-state index contributed by atoms with van der Waals surface area (Å²) in [7, 11) is 0. The molecule has 0 fully saturated rings. The molecule has 2 heterocycles.